The topological polar surface area (TPSA) is 56.9 Å². The fourth-order valence-electron chi connectivity index (χ4n) is 2.49. The maximum Gasteiger partial charge on any atom is 0.213 e. The van der Waals surface area contributed by atoms with Gasteiger partial charge in [-0.1, -0.05) is 0 Å². The Morgan fingerprint density at radius 2 is 2.28 bits per heavy atom. The minimum Gasteiger partial charge on any atom is -0.481 e. The van der Waals surface area contributed by atoms with Crippen LogP contribution in [0.3, 0.4) is 0 Å². The van der Waals surface area contributed by atoms with Crippen LogP contribution < -0.4 is 10.1 Å². The number of aryl methyl sites for hydroxylation is 2. The molecule has 0 saturated heterocycles. The lowest BCUT2D eigenvalue weighted by molar-refractivity contribution is 0.373. The van der Waals surface area contributed by atoms with Gasteiger partial charge >= 0.3 is 0 Å². The summed E-state index contributed by atoms with van der Waals surface area (Å²) < 4.78 is 9.12. The predicted octanol–water partition coefficient (Wildman–Crippen LogP) is 0.569. The van der Waals surface area contributed by atoms with Crippen LogP contribution in [0.15, 0.2) is 6.07 Å². The number of methoxy groups -OCH3 is 1. The van der Waals surface area contributed by atoms with Crippen LogP contribution in [0, 0.1) is 6.92 Å². The van der Waals surface area contributed by atoms with E-state index in [2.05, 4.69) is 20.0 Å². The molecular weight excluding hydrogens is 230 g/mol. The van der Waals surface area contributed by atoms with Crippen molar-refractivity contribution in [3.63, 3.8) is 0 Å². The number of nitrogens with one attached hydrogen (secondary N) is 1. The third-order valence-corrected chi connectivity index (χ3v) is 3.32. The minimum atomic E-state index is 0.751. The van der Waals surface area contributed by atoms with Crippen molar-refractivity contribution in [3.05, 3.63) is 23.3 Å². The van der Waals surface area contributed by atoms with Crippen LogP contribution in [0.1, 0.15) is 17.2 Å². The second-order valence-electron chi connectivity index (χ2n) is 4.48. The number of aromatic nitrogens is 4. The molecule has 0 bridgehead atoms. The lowest BCUT2D eigenvalue weighted by Gasteiger charge is -2.14. The molecule has 1 N–H and O–H groups in total. The number of nitrogens with zero attached hydrogens (tertiary/aromatic N) is 4. The first-order chi connectivity index (χ1) is 8.70. The van der Waals surface area contributed by atoms with Crippen molar-refractivity contribution < 1.29 is 4.74 Å². The van der Waals surface area contributed by atoms with Crippen molar-refractivity contribution in [3.8, 4) is 11.7 Å². The van der Waals surface area contributed by atoms with Gasteiger partial charge in [0.2, 0.25) is 5.88 Å². The van der Waals surface area contributed by atoms with E-state index >= 15 is 0 Å². The Kier molecular flexibility index (Phi) is 2.59. The highest BCUT2D eigenvalue weighted by molar-refractivity contribution is 5.35. The maximum absolute atomic E-state index is 5.26. The molecule has 0 atom stereocenters. The quantitative estimate of drug-likeness (QED) is 0.843. The Hall–Kier alpha value is -1.82. The summed E-state index contributed by atoms with van der Waals surface area (Å²) in [6.45, 7) is 3.84. The molecule has 0 spiro atoms. The highest BCUT2D eigenvalue weighted by atomic mass is 16.5. The molecule has 3 rings (SSSR count). The molecule has 1 aliphatic heterocycles. The summed E-state index contributed by atoms with van der Waals surface area (Å²) in [6.07, 6.45) is 0.981. The van der Waals surface area contributed by atoms with E-state index in [4.69, 9.17) is 4.74 Å². The Balaban J connectivity index is 2.13. The van der Waals surface area contributed by atoms with E-state index in [1.807, 2.05) is 20.0 Å². The third-order valence-electron chi connectivity index (χ3n) is 3.32. The normalized spacial score (nSPS) is 14.6. The van der Waals surface area contributed by atoms with Gasteiger partial charge in [-0.3, -0.25) is 4.57 Å². The van der Waals surface area contributed by atoms with Crippen LogP contribution in [0.25, 0.3) is 5.82 Å². The van der Waals surface area contributed by atoms with E-state index in [9.17, 15) is 0 Å². The fourth-order valence-corrected chi connectivity index (χ4v) is 2.49. The van der Waals surface area contributed by atoms with Crippen molar-refractivity contribution in [2.45, 2.75) is 19.9 Å². The lowest BCUT2D eigenvalue weighted by atomic mass is 10.2. The largest absolute Gasteiger partial charge is 0.481 e. The van der Waals surface area contributed by atoms with Crippen LogP contribution >= 0.6 is 0 Å². The Morgan fingerprint density at radius 3 is 3.00 bits per heavy atom. The van der Waals surface area contributed by atoms with E-state index in [0.717, 1.165) is 42.7 Å². The van der Waals surface area contributed by atoms with Crippen LogP contribution in [-0.2, 0) is 20.0 Å². The molecule has 0 unspecified atom stereocenters. The first-order valence-corrected chi connectivity index (χ1v) is 6.07. The summed E-state index contributed by atoms with van der Waals surface area (Å²) in [4.78, 5) is 4.60. The van der Waals surface area contributed by atoms with Crippen molar-refractivity contribution in [2.24, 2.45) is 7.05 Å². The molecule has 0 aromatic carbocycles. The third kappa shape index (κ3) is 1.60. The summed E-state index contributed by atoms with van der Waals surface area (Å²) in [6, 6.07) is 1.94. The summed E-state index contributed by atoms with van der Waals surface area (Å²) in [5, 5.41) is 7.82. The minimum absolute atomic E-state index is 0.751. The van der Waals surface area contributed by atoms with E-state index in [1.54, 1.807) is 11.8 Å². The molecule has 0 saturated carbocycles. The molecule has 96 valence electrons. The molecule has 18 heavy (non-hydrogen) atoms. The summed E-state index contributed by atoms with van der Waals surface area (Å²) in [7, 11) is 3.53. The van der Waals surface area contributed by atoms with Gasteiger partial charge in [-0.05, 0) is 6.92 Å². The molecular formula is C12H17N5O. The molecule has 6 heteroatoms. The van der Waals surface area contributed by atoms with Crippen LogP contribution in [0.5, 0.6) is 5.88 Å². The number of fused-ring (bicyclic) bond motifs is 1. The molecule has 3 heterocycles. The van der Waals surface area contributed by atoms with E-state index in [-0.39, 0.29) is 0 Å². The SMILES string of the molecule is COc1cc(-n2c(C)nc3c2CCNC3)nn1C. The summed E-state index contributed by atoms with van der Waals surface area (Å²) in [5.74, 6) is 2.60. The number of hydrogen-bond donors (Lipinski definition) is 1. The van der Waals surface area contributed by atoms with Crippen molar-refractivity contribution in [1.29, 1.82) is 0 Å². The zero-order valence-electron chi connectivity index (χ0n) is 10.9. The second-order valence-corrected chi connectivity index (χ2v) is 4.48. The average molecular weight is 247 g/mol. The van der Waals surface area contributed by atoms with Crippen molar-refractivity contribution in [2.75, 3.05) is 13.7 Å². The van der Waals surface area contributed by atoms with Gasteiger partial charge in [-0.25, -0.2) is 9.67 Å². The van der Waals surface area contributed by atoms with E-state index < -0.39 is 0 Å². The van der Waals surface area contributed by atoms with Gasteiger partial charge in [-0.15, -0.1) is 0 Å². The summed E-state index contributed by atoms with van der Waals surface area (Å²) in [5.41, 5.74) is 2.38. The Morgan fingerprint density at radius 1 is 1.44 bits per heavy atom. The number of imidazole rings is 1. The number of rotatable bonds is 2. The zero-order chi connectivity index (χ0) is 12.7. The van der Waals surface area contributed by atoms with E-state index in [0.29, 0.717) is 0 Å². The molecule has 0 fully saturated rings. The highest BCUT2D eigenvalue weighted by Gasteiger charge is 2.20. The lowest BCUT2D eigenvalue weighted by Crippen LogP contribution is -2.24. The highest BCUT2D eigenvalue weighted by Crippen LogP contribution is 2.22. The molecule has 0 amide bonds. The fraction of sp³-hybridized carbons (Fsp3) is 0.500. The van der Waals surface area contributed by atoms with Gasteiger partial charge in [-0.2, -0.15) is 5.10 Å². The Bertz CT molecular complexity index is 584. The van der Waals surface area contributed by atoms with Crippen molar-refractivity contribution >= 4 is 0 Å². The second kappa shape index (κ2) is 4.13. The van der Waals surface area contributed by atoms with E-state index in [1.165, 1.54) is 5.69 Å². The van der Waals surface area contributed by atoms with Gasteiger partial charge in [0.05, 0.1) is 18.5 Å². The van der Waals surface area contributed by atoms with Crippen LogP contribution in [-0.4, -0.2) is 33.0 Å². The number of hydrogen-bond acceptors (Lipinski definition) is 4. The zero-order valence-corrected chi connectivity index (χ0v) is 10.9. The first kappa shape index (κ1) is 11.3. The van der Waals surface area contributed by atoms with Gasteiger partial charge in [0.25, 0.3) is 0 Å². The predicted molar refractivity (Wildman–Crippen MR) is 67.0 cm³/mol. The molecule has 0 radical (unpaired) electrons. The maximum atomic E-state index is 5.26. The van der Waals surface area contributed by atoms with Gasteiger partial charge in [0.1, 0.15) is 5.82 Å². The average Bonchev–Trinajstić information content (AvgIpc) is 2.88. The molecule has 0 aliphatic carbocycles. The van der Waals surface area contributed by atoms with Gasteiger partial charge < -0.3 is 10.1 Å². The standard InChI is InChI=1S/C12H17N5O/c1-8-14-9-7-13-5-4-10(9)17(8)11-6-12(18-3)16(2)15-11/h6,13H,4-5,7H2,1-3H3. The molecule has 6 nitrogen and oxygen atoms in total. The van der Waals surface area contributed by atoms with Gasteiger partial charge in [0.15, 0.2) is 5.82 Å². The Labute approximate surface area is 106 Å². The summed E-state index contributed by atoms with van der Waals surface area (Å²) >= 11 is 0. The first-order valence-electron chi connectivity index (χ1n) is 6.07. The van der Waals surface area contributed by atoms with Crippen LogP contribution in [0.4, 0.5) is 0 Å². The van der Waals surface area contributed by atoms with Crippen LogP contribution in [0.2, 0.25) is 0 Å². The molecule has 2 aromatic rings. The van der Waals surface area contributed by atoms with Gasteiger partial charge in [0, 0.05) is 32.6 Å². The molecule has 1 aliphatic rings. The monoisotopic (exact) mass is 247 g/mol. The molecule has 2 aromatic heterocycles. The number of ether oxygens (including phenoxy) is 1. The van der Waals surface area contributed by atoms with Crippen molar-refractivity contribution in [1.82, 2.24) is 24.6 Å². The smallest absolute Gasteiger partial charge is 0.213 e.